The Morgan fingerprint density at radius 2 is 1.38 bits per heavy atom. The number of ether oxygens (including phenoxy) is 1. The molecule has 0 radical (unpaired) electrons. The van der Waals surface area contributed by atoms with Gasteiger partial charge in [-0.1, -0.05) is 80.9 Å². The van der Waals surface area contributed by atoms with E-state index in [1.54, 1.807) is 0 Å². The summed E-state index contributed by atoms with van der Waals surface area (Å²) in [6, 6.07) is 7.85. The fourth-order valence-electron chi connectivity index (χ4n) is 2.23. The Bertz CT molecular complexity index is 440. The fourth-order valence-corrected chi connectivity index (χ4v) is 2.23. The Balaban J connectivity index is 0. The van der Waals surface area contributed by atoms with Crippen LogP contribution in [0.15, 0.2) is 24.3 Å². The summed E-state index contributed by atoms with van der Waals surface area (Å²) in [5, 5.41) is 0. The molecule has 0 heterocycles. The van der Waals surface area contributed by atoms with Crippen molar-refractivity contribution in [3.05, 3.63) is 29.8 Å². The maximum Gasteiger partial charge on any atom is 0.317 e. The SMILES string of the molecule is CC.CC.CCCC(C)(CC)C(=O)Oc1ccc(C(C)(C)C)cc1. The standard InChI is InChI=1S/C18H28O2.2C2H6/c1-7-13-18(6,8-2)16(19)20-15-11-9-14(10-12-15)17(3,4)5;2*1-2/h9-12H,7-8,13H2,1-6H3;2*1-2H3. The predicted molar refractivity (Wildman–Crippen MR) is 107 cm³/mol. The topological polar surface area (TPSA) is 26.3 Å². The summed E-state index contributed by atoms with van der Waals surface area (Å²) >= 11 is 0. The molecule has 1 aromatic rings. The molecule has 0 saturated carbocycles. The summed E-state index contributed by atoms with van der Waals surface area (Å²) < 4.78 is 5.55. The van der Waals surface area contributed by atoms with Gasteiger partial charge in [-0.15, -0.1) is 0 Å². The van der Waals surface area contributed by atoms with E-state index < -0.39 is 0 Å². The molecular weight excluding hydrogens is 296 g/mol. The molecule has 0 aromatic heterocycles. The molecule has 1 unspecified atom stereocenters. The monoisotopic (exact) mass is 336 g/mol. The Hall–Kier alpha value is -1.31. The van der Waals surface area contributed by atoms with Crippen LogP contribution in [0.3, 0.4) is 0 Å². The van der Waals surface area contributed by atoms with E-state index in [1.807, 2.05) is 65.8 Å². The molecule has 0 saturated heterocycles. The normalized spacial score (nSPS) is 12.8. The number of esters is 1. The van der Waals surface area contributed by atoms with Crippen molar-refractivity contribution in [2.24, 2.45) is 5.41 Å². The Morgan fingerprint density at radius 1 is 0.917 bits per heavy atom. The molecule has 0 aliphatic carbocycles. The molecule has 2 heteroatoms. The molecule has 0 aliphatic heterocycles. The van der Waals surface area contributed by atoms with Gasteiger partial charge in [0.05, 0.1) is 5.41 Å². The molecule has 0 aliphatic rings. The number of carbonyl (C=O) groups excluding carboxylic acids is 1. The number of benzene rings is 1. The van der Waals surface area contributed by atoms with Crippen LogP contribution in [0.5, 0.6) is 5.75 Å². The van der Waals surface area contributed by atoms with E-state index >= 15 is 0 Å². The highest BCUT2D eigenvalue weighted by molar-refractivity contribution is 5.78. The van der Waals surface area contributed by atoms with Gasteiger partial charge < -0.3 is 4.74 Å². The van der Waals surface area contributed by atoms with E-state index in [1.165, 1.54) is 5.56 Å². The molecule has 0 N–H and O–H groups in total. The highest BCUT2D eigenvalue weighted by Gasteiger charge is 2.32. The second-order valence-electron chi connectivity index (χ2n) is 6.83. The van der Waals surface area contributed by atoms with Crippen molar-refractivity contribution in [2.75, 3.05) is 0 Å². The summed E-state index contributed by atoms with van der Waals surface area (Å²) in [6.45, 7) is 20.6. The van der Waals surface area contributed by atoms with Gasteiger partial charge in [-0.2, -0.15) is 0 Å². The Labute approximate surface area is 151 Å². The van der Waals surface area contributed by atoms with Crippen LogP contribution in [0, 0.1) is 5.41 Å². The first-order valence-corrected chi connectivity index (χ1v) is 9.56. The second kappa shape index (κ2) is 12.1. The average Bonchev–Trinajstić information content (AvgIpc) is 2.58. The van der Waals surface area contributed by atoms with E-state index in [0.717, 1.165) is 19.3 Å². The predicted octanol–water partition coefficient (Wildman–Crippen LogP) is 7.16. The maximum atomic E-state index is 12.3. The lowest BCUT2D eigenvalue weighted by Crippen LogP contribution is -2.31. The molecular formula is C22H40O2. The van der Waals surface area contributed by atoms with Gasteiger partial charge in [0.1, 0.15) is 5.75 Å². The van der Waals surface area contributed by atoms with Crippen LogP contribution in [0.4, 0.5) is 0 Å². The van der Waals surface area contributed by atoms with Gasteiger partial charge in [0, 0.05) is 0 Å². The quantitative estimate of drug-likeness (QED) is 0.421. The molecule has 0 fully saturated rings. The summed E-state index contributed by atoms with van der Waals surface area (Å²) in [4.78, 5) is 12.3. The third-order valence-electron chi connectivity index (χ3n) is 4.01. The smallest absolute Gasteiger partial charge is 0.317 e. The number of hydrogen-bond acceptors (Lipinski definition) is 2. The highest BCUT2D eigenvalue weighted by atomic mass is 16.5. The first-order chi connectivity index (χ1) is 11.2. The van der Waals surface area contributed by atoms with E-state index in [4.69, 9.17) is 4.74 Å². The van der Waals surface area contributed by atoms with Crippen LogP contribution >= 0.6 is 0 Å². The van der Waals surface area contributed by atoms with Crippen molar-refractivity contribution in [1.29, 1.82) is 0 Å². The highest BCUT2D eigenvalue weighted by Crippen LogP contribution is 2.30. The maximum absolute atomic E-state index is 12.3. The molecule has 0 amide bonds. The molecule has 1 atom stereocenters. The van der Waals surface area contributed by atoms with Crippen molar-refractivity contribution in [3.8, 4) is 5.75 Å². The molecule has 2 nitrogen and oxygen atoms in total. The van der Waals surface area contributed by atoms with E-state index in [-0.39, 0.29) is 16.8 Å². The second-order valence-corrected chi connectivity index (χ2v) is 6.83. The van der Waals surface area contributed by atoms with Gasteiger partial charge >= 0.3 is 5.97 Å². The minimum atomic E-state index is -0.378. The molecule has 1 rings (SSSR count). The summed E-state index contributed by atoms with van der Waals surface area (Å²) in [5.74, 6) is 0.518. The first kappa shape index (κ1) is 24.9. The first-order valence-electron chi connectivity index (χ1n) is 9.56. The van der Waals surface area contributed by atoms with Crippen LogP contribution in [-0.2, 0) is 10.2 Å². The van der Waals surface area contributed by atoms with Gasteiger partial charge in [-0.05, 0) is 42.9 Å². The van der Waals surface area contributed by atoms with E-state index in [2.05, 4.69) is 27.7 Å². The minimum absolute atomic E-state index is 0.114. The molecule has 0 bridgehead atoms. The fraction of sp³-hybridized carbons (Fsp3) is 0.682. The van der Waals surface area contributed by atoms with Gasteiger partial charge in [0.2, 0.25) is 0 Å². The lowest BCUT2D eigenvalue weighted by atomic mass is 9.83. The Kier molecular flexibility index (Phi) is 12.6. The van der Waals surface area contributed by atoms with E-state index in [9.17, 15) is 4.79 Å². The van der Waals surface area contributed by atoms with Crippen LogP contribution in [-0.4, -0.2) is 5.97 Å². The largest absolute Gasteiger partial charge is 0.426 e. The third kappa shape index (κ3) is 7.99. The van der Waals surface area contributed by atoms with Crippen LogP contribution < -0.4 is 4.74 Å². The Morgan fingerprint density at radius 3 is 1.71 bits per heavy atom. The molecule has 140 valence electrons. The summed E-state index contributed by atoms with van der Waals surface area (Å²) in [5.41, 5.74) is 0.976. The van der Waals surface area contributed by atoms with E-state index in [0.29, 0.717) is 5.75 Å². The zero-order valence-electron chi connectivity index (χ0n) is 17.7. The molecule has 1 aromatic carbocycles. The number of rotatable bonds is 5. The summed E-state index contributed by atoms with van der Waals surface area (Å²) in [6.07, 6.45) is 2.66. The summed E-state index contributed by atoms with van der Waals surface area (Å²) in [7, 11) is 0. The van der Waals surface area contributed by atoms with Gasteiger partial charge in [-0.25, -0.2) is 0 Å². The van der Waals surface area contributed by atoms with Crippen molar-refractivity contribution >= 4 is 5.97 Å². The number of carbonyl (C=O) groups is 1. The number of hydrogen-bond donors (Lipinski definition) is 0. The third-order valence-corrected chi connectivity index (χ3v) is 4.01. The van der Waals surface area contributed by atoms with Crippen molar-refractivity contribution in [3.63, 3.8) is 0 Å². The van der Waals surface area contributed by atoms with Crippen molar-refractivity contribution < 1.29 is 9.53 Å². The zero-order chi connectivity index (χ0) is 19.4. The molecule has 24 heavy (non-hydrogen) atoms. The van der Waals surface area contributed by atoms with Crippen molar-refractivity contribution in [2.45, 2.75) is 93.9 Å². The van der Waals surface area contributed by atoms with Crippen LogP contribution in [0.2, 0.25) is 0 Å². The van der Waals surface area contributed by atoms with Crippen LogP contribution in [0.1, 0.15) is 94.1 Å². The minimum Gasteiger partial charge on any atom is -0.426 e. The van der Waals surface area contributed by atoms with Gasteiger partial charge in [0.15, 0.2) is 0 Å². The zero-order valence-corrected chi connectivity index (χ0v) is 17.7. The average molecular weight is 337 g/mol. The lowest BCUT2D eigenvalue weighted by molar-refractivity contribution is -0.145. The lowest BCUT2D eigenvalue weighted by Gasteiger charge is -2.25. The van der Waals surface area contributed by atoms with Crippen LogP contribution in [0.25, 0.3) is 0 Å². The van der Waals surface area contributed by atoms with Gasteiger partial charge in [0.25, 0.3) is 0 Å². The van der Waals surface area contributed by atoms with Crippen molar-refractivity contribution in [1.82, 2.24) is 0 Å². The van der Waals surface area contributed by atoms with Gasteiger partial charge in [-0.3, -0.25) is 4.79 Å². The molecule has 0 spiro atoms.